The lowest BCUT2D eigenvalue weighted by atomic mass is 10.1. The minimum absolute atomic E-state index is 0.639. The first-order valence-electron chi connectivity index (χ1n) is 6.35. The Balaban J connectivity index is 1.88. The fourth-order valence-corrected chi connectivity index (χ4v) is 2.38. The van der Waals surface area contributed by atoms with Gasteiger partial charge in [-0.2, -0.15) is 0 Å². The Bertz CT molecular complexity index is 756. The van der Waals surface area contributed by atoms with Crippen LogP contribution in [0.3, 0.4) is 0 Å². The number of anilines is 2. The molecular formula is C16H14ClN3. The molecule has 0 saturated heterocycles. The van der Waals surface area contributed by atoms with E-state index in [1.165, 1.54) is 0 Å². The zero-order valence-electron chi connectivity index (χ0n) is 10.8. The molecule has 20 heavy (non-hydrogen) atoms. The van der Waals surface area contributed by atoms with Crippen molar-refractivity contribution in [1.29, 1.82) is 0 Å². The number of pyridine rings is 1. The molecule has 3 N–H and O–H groups in total. The molecule has 3 nitrogen and oxygen atoms in total. The normalized spacial score (nSPS) is 10.7. The maximum absolute atomic E-state index is 6.20. The maximum Gasteiger partial charge on any atom is 0.0630 e. The summed E-state index contributed by atoms with van der Waals surface area (Å²) >= 11 is 6.15. The molecule has 0 atom stereocenters. The van der Waals surface area contributed by atoms with E-state index in [0.29, 0.717) is 6.54 Å². The van der Waals surface area contributed by atoms with Crippen LogP contribution in [0.5, 0.6) is 0 Å². The number of aromatic nitrogens is 1. The largest absolute Gasteiger partial charge is 0.397 e. The van der Waals surface area contributed by atoms with Gasteiger partial charge in [0.15, 0.2) is 0 Å². The van der Waals surface area contributed by atoms with Crippen LogP contribution in [0.2, 0.25) is 5.02 Å². The number of hydrogen-bond acceptors (Lipinski definition) is 3. The Hall–Kier alpha value is -2.26. The van der Waals surface area contributed by atoms with Crippen LogP contribution in [0.4, 0.5) is 11.4 Å². The van der Waals surface area contributed by atoms with Gasteiger partial charge in [0, 0.05) is 34.7 Å². The second-order valence-corrected chi connectivity index (χ2v) is 4.98. The topological polar surface area (TPSA) is 50.9 Å². The Kier molecular flexibility index (Phi) is 3.44. The predicted molar refractivity (Wildman–Crippen MR) is 84.9 cm³/mol. The van der Waals surface area contributed by atoms with Gasteiger partial charge < -0.3 is 11.1 Å². The molecule has 3 rings (SSSR count). The van der Waals surface area contributed by atoms with E-state index in [2.05, 4.69) is 10.3 Å². The lowest BCUT2D eigenvalue weighted by Gasteiger charge is -2.12. The summed E-state index contributed by atoms with van der Waals surface area (Å²) in [6.45, 7) is 0.639. The molecule has 4 heteroatoms. The maximum atomic E-state index is 6.20. The van der Waals surface area contributed by atoms with Gasteiger partial charge in [0.2, 0.25) is 0 Å². The summed E-state index contributed by atoms with van der Waals surface area (Å²) in [6.07, 6.45) is 3.56. The molecule has 0 aliphatic heterocycles. The van der Waals surface area contributed by atoms with Crippen LogP contribution in [0, 0.1) is 0 Å². The van der Waals surface area contributed by atoms with Gasteiger partial charge in [0.25, 0.3) is 0 Å². The van der Waals surface area contributed by atoms with Crippen molar-refractivity contribution in [2.45, 2.75) is 6.54 Å². The molecule has 0 unspecified atom stereocenters. The van der Waals surface area contributed by atoms with Crippen molar-refractivity contribution in [3.8, 4) is 0 Å². The lowest BCUT2D eigenvalue weighted by Crippen LogP contribution is -2.03. The van der Waals surface area contributed by atoms with Crippen LogP contribution in [0.15, 0.2) is 54.9 Å². The van der Waals surface area contributed by atoms with Gasteiger partial charge in [-0.15, -0.1) is 0 Å². The minimum Gasteiger partial charge on any atom is -0.397 e. The first-order chi connectivity index (χ1) is 9.75. The SMILES string of the molecule is Nc1c(NCc2ccccc2Cl)ccc2cnccc12. The molecule has 0 amide bonds. The number of benzene rings is 2. The van der Waals surface area contributed by atoms with Crippen molar-refractivity contribution in [2.24, 2.45) is 0 Å². The summed E-state index contributed by atoms with van der Waals surface area (Å²) in [6, 6.07) is 13.7. The van der Waals surface area contributed by atoms with E-state index >= 15 is 0 Å². The van der Waals surface area contributed by atoms with E-state index in [4.69, 9.17) is 17.3 Å². The van der Waals surface area contributed by atoms with Gasteiger partial charge in [-0.3, -0.25) is 4.98 Å². The first kappa shape index (κ1) is 12.8. The molecule has 0 aliphatic rings. The Morgan fingerprint density at radius 3 is 2.80 bits per heavy atom. The molecule has 2 aromatic carbocycles. The van der Waals surface area contributed by atoms with Gasteiger partial charge in [0.05, 0.1) is 11.4 Å². The van der Waals surface area contributed by atoms with E-state index in [1.807, 2.05) is 48.7 Å². The second-order valence-electron chi connectivity index (χ2n) is 4.57. The number of nitrogens with one attached hydrogen (secondary N) is 1. The molecule has 3 aromatic rings. The zero-order chi connectivity index (χ0) is 13.9. The van der Waals surface area contributed by atoms with Gasteiger partial charge in [-0.1, -0.05) is 35.9 Å². The molecule has 0 saturated carbocycles. The standard InChI is InChI=1S/C16H14ClN3/c17-14-4-2-1-3-12(14)10-20-15-6-5-11-9-19-8-7-13(11)16(15)18/h1-9,20H,10,18H2. The number of halogens is 1. The molecule has 100 valence electrons. The highest BCUT2D eigenvalue weighted by atomic mass is 35.5. The molecule has 0 radical (unpaired) electrons. The van der Waals surface area contributed by atoms with Gasteiger partial charge in [-0.05, 0) is 23.8 Å². The van der Waals surface area contributed by atoms with Crippen molar-refractivity contribution in [1.82, 2.24) is 4.98 Å². The Morgan fingerprint density at radius 2 is 1.95 bits per heavy atom. The third-order valence-corrected chi connectivity index (χ3v) is 3.66. The fourth-order valence-electron chi connectivity index (χ4n) is 2.18. The predicted octanol–water partition coefficient (Wildman–Crippen LogP) is 4.08. The van der Waals surface area contributed by atoms with Crippen LogP contribution < -0.4 is 11.1 Å². The first-order valence-corrected chi connectivity index (χ1v) is 6.73. The number of fused-ring (bicyclic) bond motifs is 1. The van der Waals surface area contributed by atoms with Crippen molar-refractivity contribution in [2.75, 3.05) is 11.1 Å². The third kappa shape index (κ3) is 2.40. The van der Waals surface area contributed by atoms with E-state index < -0.39 is 0 Å². The highest BCUT2D eigenvalue weighted by Crippen LogP contribution is 2.28. The fraction of sp³-hybridized carbons (Fsp3) is 0.0625. The molecule has 0 fully saturated rings. The quantitative estimate of drug-likeness (QED) is 0.712. The number of nitrogen functional groups attached to an aromatic ring is 1. The van der Waals surface area contributed by atoms with Crippen molar-refractivity contribution >= 4 is 33.7 Å². The van der Waals surface area contributed by atoms with Crippen molar-refractivity contribution in [3.63, 3.8) is 0 Å². The van der Waals surface area contributed by atoms with Crippen LogP contribution in [0.1, 0.15) is 5.56 Å². The highest BCUT2D eigenvalue weighted by Gasteiger charge is 2.05. The molecule has 1 heterocycles. The zero-order valence-corrected chi connectivity index (χ0v) is 11.6. The molecular weight excluding hydrogens is 270 g/mol. The van der Waals surface area contributed by atoms with Gasteiger partial charge in [0.1, 0.15) is 0 Å². The number of rotatable bonds is 3. The lowest BCUT2D eigenvalue weighted by molar-refractivity contribution is 1.15. The summed E-state index contributed by atoms with van der Waals surface area (Å²) in [5.41, 5.74) is 8.88. The summed E-state index contributed by atoms with van der Waals surface area (Å²) in [7, 11) is 0. The molecule has 0 spiro atoms. The monoisotopic (exact) mass is 283 g/mol. The summed E-state index contributed by atoms with van der Waals surface area (Å²) < 4.78 is 0. The van der Waals surface area contributed by atoms with E-state index in [9.17, 15) is 0 Å². The van der Waals surface area contributed by atoms with Crippen LogP contribution >= 0.6 is 11.6 Å². The van der Waals surface area contributed by atoms with E-state index in [-0.39, 0.29) is 0 Å². The van der Waals surface area contributed by atoms with E-state index in [0.717, 1.165) is 32.7 Å². The van der Waals surface area contributed by atoms with Crippen LogP contribution in [-0.2, 0) is 6.54 Å². The van der Waals surface area contributed by atoms with Gasteiger partial charge in [-0.25, -0.2) is 0 Å². The highest BCUT2D eigenvalue weighted by molar-refractivity contribution is 6.31. The minimum atomic E-state index is 0.639. The average Bonchev–Trinajstić information content (AvgIpc) is 2.48. The Morgan fingerprint density at radius 1 is 1.10 bits per heavy atom. The number of nitrogens with zero attached hydrogens (tertiary/aromatic N) is 1. The van der Waals surface area contributed by atoms with Crippen LogP contribution in [-0.4, -0.2) is 4.98 Å². The number of nitrogens with two attached hydrogens (primary N) is 1. The van der Waals surface area contributed by atoms with Gasteiger partial charge >= 0.3 is 0 Å². The number of hydrogen-bond donors (Lipinski definition) is 2. The van der Waals surface area contributed by atoms with E-state index in [1.54, 1.807) is 6.20 Å². The molecule has 1 aromatic heterocycles. The molecule has 0 aliphatic carbocycles. The summed E-state index contributed by atoms with van der Waals surface area (Å²) in [5.74, 6) is 0. The van der Waals surface area contributed by atoms with Crippen molar-refractivity contribution < 1.29 is 0 Å². The van der Waals surface area contributed by atoms with Crippen molar-refractivity contribution in [3.05, 3.63) is 65.4 Å². The van der Waals surface area contributed by atoms with Crippen LogP contribution in [0.25, 0.3) is 10.8 Å². The smallest absolute Gasteiger partial charge is 0.0630 e. The second kappa shape index (κ2) is 5.39. The summed E-state index contributed by atoms with van der Waals surface area (Å²) in [4.78, 5) is 4.10. The average molecular weight is 284 g/mol. The molecule has 0 bridgehead atoms. The third-order valence-electron chi connectivity index (χ3n) is 3.29. The Labute approximate surface area is 122 Å². The summed E-state index contributed by atoms with van der Waals surface area (Å²) in [5, 5.41) is 6.12.